The zero-order chi connectivity index (χ0) is 34.1. The average Bonchev–Trinajstić information content (AvgIpc) is 3.67. The van der Waals surface area contributed by atoms with Crippen molar-refractivity contribution >= 4 is 59.3 Å². The lowest BCUT2D eigenvalue weighted by atomic mass is 9.82. The summed E-state index contributed by atoms with van der Waals surface area (Å²) in [5.74, 6) is 0. The molecular formula is C49H35NS. The summed E-state index contributed by atoms with van der Waals surface area (Å²) < 4.78 is 2.69. The molecule has 0 fully saturated rings. The van der Waals surface area contributed by atoms with E-state index in [0.29, 0.717) is 0 Å². The minimum atomic E-state index is -0.0402. The fourth-order valence-corrected chi connectivity index (χ4v) is 9.57. The van der Waals surface area contributed by atoms with Crippen molar-refractivity contribution in [2.24, 2.45) is 0 Å². The van der Waals surface area contributed by atoms with Crippen LogP contribution in [0.15, 0.2) is 176 Å². The second-order valence-electron chi connectivity index (χ2n) is 14.1. The second kappa shape index (κ2) is 11.6. The van der Waals surface area contributed by atoms with Gasteiger partial charge in [-0.3, -0.25) is 0 Å². The first-order valence-corrected chi connectivity index (χ1v) is 18.5. The molecule has 0 radical (unpaired) electrons. The maximum absolute atomic E-state index is 2.43. The molecule has 0 atom stereocenters. The lowest BCUT2D eigenvalue weighted by molar-refractivity contribution is 0.660. The summed E-state index contributed by atoms with van der Waals surface area (Å²) in [7, 11) is 0. The molecule has 2 heteroatoms. The molecule has 1 aliphatic carbocycles. The van der Waals surface area contributed by atoms with Crippen molar-refractivity contribution in [3.63, 3.8) is 0 Å². The highest BCUT2D eigenvalue weighted by Gasteiger charge is 2.35. The third-order valence-electron chi connectivity index (χ3n) is 10.9. The monoisotopic (exact) mass is 669 g/mol. The lowest BCUT2D eigenvalue weighted by Gasteiger charge is -2.29. The molecule has 0 aliphatic heterocycles. The molecule has 0 amide bonds. The van der Waals surface area contributed by atoms with Crippen molar-refractivity contribution < 1.29 is 0 Å². The molecular weight excluding hydrogens is 635 g/mol. The first-order valence-electron chi connectivity index (χ1n) is 17.7. The number of anilines is 3. The van der Waals surface area contributed by atoms with Crippen LogP contribution in [-0.4, -0.2) is 0 Å². The Balaban J connectivity index is 1.10. The van der Waals surface area contributed by atoms with E-state index < -0.39 is 0 Å². The van der Waals surface area contributed by atoms with Gasteiger partial charge in [0.15, 0.2) is 0 Å². The van der Waals surface area contributed by atoms with Gasteiger partial charge in [-0.05, 0) is 86.1 Å². The van der Waals surface area contributed by atoms with Crippen LogP contribution in [-0.2, 0) is 5.41 Å². The zero-order valence-electron chi connectivity index (χ0n) is 28.6. The van der Waals surface area contributed by atoms with Crippen molar-refractivity contribution in [2.75, 3.05) is 4.90 Å². The molecule has 0 spiro atoms. The Hall–Kier alpha value is -5.96. The first-order chi connectivity index (χ1) is 25.0. The van der Waals surface area contributed by atoms with Crippen molar-refractivity contribution in [3.05, 3.63) is 187 Å². The minimum Gasteiger partial charge on any atom is -0.310 e. The van der Waals surface area contributed by atoms with E-state index in [1.807, 2.05) is 11.3 Å². The molecule has 10 rings (SSSR count). The van der Waals surface area contributed by atoms with E-state index >= 15 is 0 Å². The Bertz CT molecular complexity index is 2770. The summed E-state index contributed by atoms with van der Waals surface area (Å²) in [5.41, 5.74) is 13.7. The largest absolute Gasteiger partial charge is 0.310 e. The molecule has 0 saturated heterocycles. The number of fused-ring (bicyclic) bond motifs is 8. The summed E-state index contributed by atoms with van der Waals surface area (Å²) in [6.07, 6.45) is 0. The Morgan fingerprint density at radius 2 is 1.10 bits per heavy atom. The quantitative estimate of drug-likeness (QED) is 0.176. The third-order valence-corrected chi connectivity index (χ3v) is 12.1. The molecule has 8 aromatic carbocycles. The van der Waals surface area contributed by atoms with Gasteiger partial charge in [0.2, 0.25) is 0 Å². The van der Waals surface area contributed by atoms with Crippen molar-refractivity contribution in [3.8, 4) is 33.4 Å². The van der Waals surface area contributed by atoms with E-state index in [2.05, 4.69) is 195 Å². The fraction of sp³-hybridized carbons (Fsp3) is 0.0612. The van der Waals surface area contributed by atoms with Gasteiger partial charge in [0.05, 0.1) is 5.69 Å². The molecule has 9 aromatic rings. The van der Waals surface area contributed by atoms with Crippen molar-refractivity contribution in [1.82, 2.24) is 0 Å². The normalized spacial score (nSPS) is 13.1. The molecule has 0 bridgehead atoms. The predicted molar refractivity (Wildman–Crippen MR) is 220 cm³/mol. The molecule has 0 saturated carbocycles. The van der Waals surface area contributed by atoms with Crippen molar-refractivity contribution in [1.29, 1.82) is 0 Å². The van der Waals surface area contributed by atoms with Gasteiger partial charge < -0.3 is 4.90 Å². The molecule has 0 unspecified atom stereocenters. The zero-order valence-corrected chi connectivity index (χ0v) is 29.4. The van der Waals surface area contributed by atoms with E-state index in [0.717, 1.165) is 17.1 Å². The van der Waals surface area contributed by atoms with Crippen LogP contribution in [0.4, 0.5) is 17.1 Å². The van der Waals surface area contributed by atoms with E-state index in [9.17, 15) is 0 Å². The number of thiophene rings is 1. The van der Waals surface area contributed by atoms with Crippen LogP contribution in [0.1, 0.15) is 25.0 Å². The number of hydrogen-bond donors (Lipinski definition) is 0. The van der Waals surface area contributed by atoms with Gasteiger partial charge in [0.1, 0.15) is 0 Å². The van der Waals surface area contributed by atoms with Crippen molar-refractivity contribution in [2.45, 2.75) is 19.3 Å². The standard InChI is InChI=1S/C49H35NS/c1-49(2)44-18-10-8-17-40(44)43-31-37(26-29-45(43)49)50(46-19-11-9-15-38(46)33-12-4-3-5-13-33)36-24-20-32(21-25-36)35-23-27-41-42-28-22-34-14-6-7-16-39(34)48(42)51-47(41)30-35/h3-31H,1-2H3. The summed E-state index contributed by atoms with van der Waals surface area (Å²) >= 11 is 1.90. The topological polar surface area (TPSA) is 3.24 Å². The second-order valence-corrected chi connectivity index (χ2v) is 15.2. The number of rotatable bonds is 5. The molecule has 1 heterocycles. The van der Waals surface area contributed by atoms with Crippen LogP contribution in [0.2, 0.25) is 0 Å². The Morgan fingerprint density at radius 3 is 1.96 bits per heavy atom. The Morgan fingerprint density at radius 1 is 0.431 bits per heavy atom. The van der Waals surface area contributed by atoms with Gasteiger partial charge in [-0.2, -0.15) is 0 Å². The van der Waals surface area contributed by atoms with Crippen LogP contribution in [0.5, 0.6) is 0 Å². The average molecular weight is 670 g/mol. The Kier molecular flexibility index (Phi) is 6.78. The van der Waals surface area contributed by atoms with Crippen LogP contribution in [0.25, 0.3) is 64.3 Å². The van der Waals surface area contributed by atoms with Crippen LogP contribution in [0.3, 0.4) is 0 Å². The maximum atomic E-state index is 2.43. The fourth-order valence-electron chi connectivity index (χ4n) is 8.29. The number of hydrogen-bond acceptors (Lipinski definition) is 2. The van der Waals surface area contributed by atoms with Gasteiger partial charge in [-0.25, -0.2) is 0 Å². The van der Waals surface area contributed by atoms with Crippen LogP contribution < -0.4 is 4.90 Å². The summed E-state index contributed by atoms with van der Waals surface area (Å²) in [6, 6.07) is 64.8. The third kappa shape index (κ3) is 4.75. The molecule has 1 aliphatic rings. The highest BCUT2D eigenvalue weighted by molar-refractivity contribution is 7.26. The smallest absolute Gasteiger partial charge is 0.0540 e. The number of benzene rings is 8. The van der Waals surface area contributed by atoms with E-state index in [1.54, 1.807) is 0 Å². The lowest BCUT2D eigenvalue weighted by Crippen LogP contribution is -2.15. The van der Waals surface area contributed by atoms with Gasteiger partial charge >= 0.3 is 0 Å². The summed E-state index contributed by atoms with van der Waals surface area (Å²) in [5, 5.41) is 5.29. The Labute approximate surface area is 302 Å². The molecule has 0 N–H and O–H groups in total. The minimum absolute atomic E-state index is 0.0402. The summed E-state index contributed by atoms with van der Waals surface area (Å²) in [4.78, 5) is 2.43. The van der Waals surface area contributed by atoms with Gasteiger partial charge in [-0.1, -0.05) is 153 Å². The maximum Gasteiger partial charge on any atom is 0.0540 e. The molecule has 1 nitrogen and oxygen atoms in total. The first kappa shape index (κ1) is 29.9. The van der Waals surface area contributed by atoms with Crippen LogP contribution in [0, 0.1) is 0 Å². The van der Waals surface area contributed by atoms with Gasteiger partial charge in [0.25, 0.3) is 0 Å². The number of para-hydroxylation sites is 1. The molecule has 1 aromatic heterocycles. The van der Waals surface area contributed by atoms with Gasteiger partial charge in [0, 0.05) is 42.5 Å². The summed E-state index contributed by atoms with van der Waals surface area (Å²) in [6.45, 7) is 4.69. The van der Waals surface area contributed by atoms with Crippen LogP contribution >= 0.6 is 11.3 Å². The highest BCUT2D eigenvalue weighted by atomic mass is 32.1. The van der Waals surface area contributed by atoms with Gasteiger partial charge in [-0.15, -0.1) is 11.3 Å². The highest BCUT2D eigenvalue weighted by Crippen LogP contribution is 2.51. The SMILES string of the molecule is CC1(C)c2ccccc2-c2cc(N(c3ccc(-c4ccc5c(c4)sc4c6ccccc6ccc54)cc3)c3ccccc3-c3ccccc3)ccc21. The predicted octanol–water partition coefficient (Wildman–Crippen LogP) is 14.3. The molecule has 51 heavy (non-hydrogen) atoms. The van der Waals surface area contributed by atoms with E-state index in [-0.39, 0.29) is 5.41 Å². The van der Waals surface area contributed by atoms with E-state index in [1.165, 1.54) is 75.5 Å². The number of nitrogens with zero attached hydrogens (tertiary/aromatic N) is 1. The molecule has 242 valence electrons. The van der Waals surface area contributed by atoms with E-state index in [4.69, 9.17) is 0 Å².